The van der Waals surface area contributed by atoms with Crippen molar-refractivity contribution in [3.8, 4) is 0 Å². The van der Waals surface area contributed by atoms with Crippen molar-refractivity contribution in [3.05, 3.63) is 0 Å². The zero-order valence-corrected chi connectivity index (χ0v) is 11.2. The van der Waals surface area contributed by atoms with Crippen LogP contribution < -0.4 is 16.6 Å². The molecule has 1 unspecified atom stereocenters. The number of likely N-dealkylation sites (tertiary alicyclic amines) is 1. The summed E-state index contributed by atoms with van der Waals surface area (Å²) in [5.41, 5.74) is 2.14. The minimum absolute atomic E-state index is 0.123. The molecule has 6 heteroatoms. The van der Waals surface area contributed by atoms with Crippen LogP contribution in [0.15, 0.2) is 0 Å². The molecule has 0 radical (unpaired) electrons. The first-order valence-corrected chi connectivity index (χ1v) is 6.53. The highest BCUT2D eigenvalue weighted by atomic mass is 16.2. The summed E-state index contributed by atoms with van der Waals surface area (Å²) in [6.45, 7) is 3.96. The van der Waals surface area contributed by atoms with Gasteiger partial charge < -0.3 is 10.2 Å². The predicted octanol–water partition coefficient (Wildman–Crippen LogP) is -0.397. The molecule has 1 saturated heterocycles. The molecule has 0 aromatic carbocycles. The summed E-state index contributed by atoms with van der Waals surface area (Å²) in [7, 11) is 1.68. The Hall–Kier alpha value is -1.14. The van der Waals surface area contributed by atoms with E-state index in [1.807, 2.05) is 0 Å². The van der Waals surface area contributed by atoms with Crippen LogP contribution in [0.5, 0.6) is 0 Å². The van der Waals surface area contributed by atoms with Crippen molar-refractivity contribution in [3.63, 3.8) is 0 Å². The van der Waals surface area contributed by atoms with Crippen molar-refractivity contribution in [2.45, 2.75) is 38.6 Å². The molecule has 104 valence electrons. The molecule has 1 heterocycles. The quantitative estimate of drug-likeness (QED) is 0.355. The lowest BCUT2D eigenvalue weighted by Crippen LogP contribution is -2.43. The number of nitrogens with two attached hydrogens (primary N) is 1. The normalized spacial score (nSPS) is 19.3. The number of hydrogen-bond donors (Lipinski definition) is 3. The summed E-state index contributed by atoms with van der Waals surface area (Å²) in [5.74, 6) is 5.21. The molecular formula is C12H24N4O2. The lowest BCUT2D eigenvalue weighted by molar-refractivity contribution is -0.126. The van der Waals surface area contributed by atoms with Crippen molar-refractivity contribution < 1.29 is 9.59 Å². The molecular weight excluding hydrogens is 232 g/mol. The molecule has 1 rings (SSSR count). The average Bonchev–Trinajstić information content (AvgIpc) is 2.43. The smallest absolute Gasteiger partial charge is 0.233 e. The van der Waals surface area contributed by atoms with Gasteiger partial charge in [0.25, 0.3) is 0 Å². The topological polar surface area (TPSA) is 87.5 Å². The summed E-state index contributed by atoms with van der Waals surface area (Å²) < 4.78 is 0. The average molecular weight is 256 g/mol. The molecule has 0 aromatic rings. The molecule has 6 nitrogen and oxygen atoms in total. The van der Waals surface area contributed by atoms with E-state index in [0.717, 1.165) is 32.4 Å². The van der Waals surface area contributed by atoms with Crippen LogP contribution in [-0.4, -0.2) is 42.9 Å². The number of nitrogens with one attached hydrogen (secondary N) is 2. The predicted molar refractivity (Wildman–Crippen MR) is 69.4 cm³/mol. The Morgan fingerprint density at radius 3 is 2.50 bits per heavy atom. The van der Waals surface area contributed by atoms with Gasteiger partial charge in [-0.1, -0.05) is 0 Å². The number of carbonyl (C=O) groups excluding carboxylic acids is 2. The largest absolute Gasteiger partial charge is 0.359 e. The van der Waals surface area contributed by atoms with Crippen LogP contribution in [0.25, 0.3) is 0 Å². The Kier molecular flexibility index (Phi) is 6.07. The number of hydrazine groups is 1. The third-order valence-corrected chi connectivity index (χ3v) is 3.72. The first-order valence-electron chi connectivity index (χ1n) is 6.53. The Morgan fingerprint density at radius 2 is 2.00 bits per heavy atom. The van der Waals surface area contributed by atoms with Crippen molar-refractivity contribution in [1.82, 2.24) is 15.6 Å². The summed E-state index contributed by atoms with van der Waals surface area (Å²) in [6, 6.07) is 0.355. The van der Waals surface area contributed by atoms with E-state index in [2.05, 4.69) is 22.6 Å². The van der Waals surface area contributed by atoms with Crippen LogP contribution in [0.4, 0.5) is 0 Å². The van der Waals surface area contributed by atoms with Crippen molar-refractivity contribution in [1.29, 1.82) is 0 Å². The minimum atomic E-state index is -0.123. The van der Waals surface area contributed by atoms with E-state index in [1.54, 1.807) is 7.05 Å². The molecule has 4 N–H and O–H groups in total. The molecule has 0 bridgehead atoms. The van der Waals surface area contributed by atoms with Crippen LogP contribution in [0.2, 0.25) is 0 Å². The van der Waals surface area contributed by atoms with E-state index < -0.39 is 0 Å². The highest BCUT2D eigenvalue weighted by Gasteiger charge is 2.26. The van der Waals surface area contributed by atoms with Crippen molar-refractivity contribution in [2.75, 3.05) is 20.1 Å². The number of hydrogen-bond acceptors (Lipinski definition) is 4. The maximum absolute atomic E-state index is 11.5. The molecule has 0 saturated carbocycles. The van der Waals surface area contributed by atoms with Crippen LogP contribution >= 0.6 is 0 Å². The molecule has 0 aliphatic carbocycles. The molecule has 18 heavy (non-hydrogen) atoms. The lowest BCUT2D eigenvalue weighted by atomic mass is 9.94. The van der Waals surface area contributed by atoms with Crippen LogP contribution in [0, 0.1) is 5.92 Å². The maximum Gasteiger partial charge on any atom is 0.233 e. The van der Waals surface area contributed by atoms with Gasteiger partial charge in [-0.15, -0.1) is 0 Å². The second kappa shape index (κ2) is 7.33. The molecule has 1 aliphatic rings. The highest BCUT2D eigenvalue weighted by Crippen LogP contribution is 2.20. The van der Waals surface area contributed by atoms with Crippen LogP contribution in [0.3, 0.4) is 0 Å². The Labute approximate surface area is 108 Å². The summed E-state index contributed by atoms with van der Waals surface area (Å²) in [5, 5.41) is 2.70. The fourth-order valence-electron chi connectivity index (χ4n) is 2.40. The van der Waals surface area contributed by atoms with Gasteiger partial charge in [-0.05, 0) is 39.3 Å². The summed E-state index contributed by atoms with van der Waals surface area (Å²) in [4.78, 5) is 24.9. The number of amides is 2. The Balaban J connectivity index is 2.29. The van der Waals surface area contributed by atoms with Gasteiger partial charge in [0.05, 0.1) is 0 Å². The zero-order valence-electron chi connectivity index (χ0n) is 11.2. The minimum Gasteiger partial charge on any atom is -0.359 e. The Morgan fingerprint density at radius 1 is 1.39 bits per heavy atom. The van der Waals surface area contributed by atoms with Gasteiger partial charge in [-0.3, -0.25) is 15.0 Å². The zero-order chi connectivity index (χ0) is 13.5. The van der Waals surface area contributed by atoms with Gasteiger partial charge in [-0.2, -0.15) is 0 Å². The van der Waals surface area contributed by atoms with E-state index in [-0.39, 0.29) is 17.7 Å². The van der Waals surface area contributed by atoms with E-state index in [1.165, 1.54) is 0 Å². The SMILES string of the molecule is CNC(=O)C1CCN(C(C)CCC(=O)NN)CC1. The fourth-order valence-corrected chi connectivity index (χ4v) is 2.40. The van der Waals surface area contributed by atoms with Gasteiger partial charge in [-0.25, -0.2) is 5.84 Å². The van der Waals surface area contributed by atoms with Gasteiger partial charge in [0.1, 0.15) is 0 Å². The second-order valence-corrected chi connectivity index (χ2v) is 4.88. The van der Waals surface area contributed by atoms with Gasteiger partial charge in [0.15, 0.2) is 0 Å². The van der Waals surface area contributed by atoms with Gasteiger partial charge >= 0.3 is 0 Å². The monoisotopic (exact) mass is 256 g/mol. The summed E-state index contributed by atoms with van der Waals surface area (Å²) in [6.07, 6.45) is 3.04. The molecule has 0 aromatic heterocycles. The second-order valence-electron chi connectivity index (χ2n) is 4.88. The van der Waals surface area contributed by atoms with Gasteiger partial charge in [0.2, 0.25) is 11.8 Å². The van der Waals surface area contributed by atoms with Gasteiger partial charge in [0, 0.05) is 25.4 Å². The van der Waals surface area contributed by atoms with E-state index in [9.17, 15) is 9.59 Å². The first-order chi connectivity index (χ1) is 8.58. The van der Waals surface area contributed by atoms with E-state index >= 15 is 0 Å². The number of piperidine rings is 1. The fraction of sp³-hybridized carbons (Fsp3) is 0.833. The van der Waals surface area contributed by atoms with E-state index in [0.29, 0.717) is 12.5 Å². The molecule has 2 amide bonds. The molecule has 1 aliphatic heterocycles. The lowest BCUT2D eigenvalue weighted by Gasteiger charge is -2.35. The first kappa shape index (κ1) is 14.9. The number of carbonyl (C=O) groups is 2. The molecule has 0 spiro atoms. The number of rotatable bonds is 5. The third kappa shape index (κ3) is 4.27. The maximum atomic E-state index is 11.5. The van der Waals surface area contributed by atoms with Crippen molar-refractivity contribution >= 4 is 11.8 Å². The van der Waals surface area contributed by atoms with Crippen LogP contribution in [0.1, 0.15) is 32.6 Å². The third-order valence-electron chi connectivity index (χ3n) is 3.72. The summed E-state index contributed by atoms with van der Waals surface area (Å²) >= 11 is 0. The van der Waals surface area contributed by atoms with E-state index in [4.69, 9.17) is 5.84 Å². The standard InChI is InChI=1S/C12H24N4O2/c1-9(3-4-11(17)15-13)16-7-5-10(6-8-16)12(18)14-2/h9-10H,3-8,13H2,1-2H3,(H,14,18)(H,15,17). The van der Waals surface area contributed by atoms with Crippen LogP contribution in [-0.2, 0) is 9.59 Å². The molecule has 1 fully saturated rings. The number of nitrogens with zero attached hydrogens (tertiary/aromatic N) is 1. The Bertz CT molecular complexity index is 288. The van der Waals surface area contributed by atoms with Crippen molar-refractivity contribution in [2.24, 2.45) is 11.8 Å². The molecule has 1 atom stereocenters. The highest BCUT2D eigenvalue weighted by molar-refractivity contribution is 5.78.